The van der Waals surface area contributed by atoms with Crippen LogP contribution in [0.2, 0.25) is 0 Å². The Bertz CT molecular complexity index is 619. The lowest BCUT2D eigenvalue weighted by atomic mass is 10.2. The molecular formula is C14H14FNO2. The van der Waals surface area contributed by atoms with Crippen LogP contribution in [0, 0.1) is 12.7 Å². The number of aryl methyl sites for hydroxylation is 1. The van der Waals surface area contributed by atoms with Gasteiger partial charge in [-0.2, -0.15) is 0 Å². The summed E-state index contributed by atoms with van der Waals surface area (Å²) in [6.45, 7) is 2.04. The van der Waals surface area contributed by atoms with Crippen LogP contribution < -0.4 is 10.3 Å². The fraction of sp³-hybridized carbons (Fsp3) is 0.214. The molecule has 4 heteroatoms. The van der Waals surface area contributed by atoms with E-state index in [1.807, 2.05) is 13.0 Å². The highest BCUT2D eigenvalue weighted by molar-refractivity contribution is 5.31. The number of halogens is 1. The number of aromatic nitrogens is 1. The highest BCUT2D eigenvalue weighted by Crippen LogP contribution is 2.20. The van der Waals surface area contributed by atoms with Crippen molar-refractivity contribution in [3.63, 3.8) is 0 Å². The average Bonchev–Trinajstić information content (AvgIpc) is 2.35. The van der Waals surface area contributed by atoms with E-state index in [1.165, 1.54) is 17.7 Å². The Hall–Kier alpha value is -2.10. The number of benzene rings is 1. The first-order valence-corrected chi connectivity index (χ1v) is 5.60. The van der Waals surface area contributed by atoms with Crippen molar-refractivity contribution < 1.29 is 9.13 Å². The molecule has 0 aliphatic carbocycles. The molecule has 0 bridgehead atoms. The quantitative estimate of drug-likeness (QED) is 0.833. The highest BCUT2D eigenvalue weighted by Gasteiger charge is 2.09. The molecule has 94 valence electrons. The fourth-order valence-electron chi connectivity index (χ4n) is 1.76. The fourth-order valence-corrected chi connectivity index (χ4v) is 1.76. The monoisotopic (exact) mass is 247 g/mol. The third-order valence-corrected chi connectivity index (χ3v) is 2.76. The van der Waals surface area contributed by atoms with Crippen molar-refractivity contribution in [1.82, 2.24) is 4.57 Å². The van der Waals surface area contributed by atoms with Crippen LogP contribution in [0.4, 0.5) is 4.39 Å². The van der Waals surface area contributed by atoms with Crippen LogP contribution in [0.3, 0.4) is 0 Å². The molecule has 0 saturated heterocycles. The molecule has 2 rings (SSSR count). The number of pyridine rings is 1. The second-order valence-corrected chi connectivity index (χ2v) is 4.10. The number of rotatable bonds is 3. The Morgan fingerprint density at radius 1 is 1.33 bits per heavy atom. The smallest absolute Gasteiger partial charge is 0.251 e. The molecule has 1 heterocycles. The van der Waals surface area contributed by atoms with Crippen molar-refractivity contribution in [2.75, 3.05) is 7.11 Å². The van der Waals surface area contributed by atoms with Gasteiger partial charge in [-0.1, -0.05) is 12.1 Å². The summed E-state index contributed by atoms with van der Waals surface area (Å²) in [7, 11) is 1.42. The largest absolute Gasteiger partial charge is 0.494 e. The predicted molar refractivity (Wildman–Crippen MR) is 67.5 cm³/mol. The predicted octanol–water partition coefficient (Wildman–Crippen LogP) is 2.35. The minimum Gasteiger partial charge on any atom is -0.494 e. The standard InChI is InChI=1S/C14H14FNO2/c1-10-6-7-16(13(17)8-10)9-11-4-3-5-12(18-2)14(11)15/h3-8H,9H2,1-2H3. The van der Waals surface area contributed by atoms with Gasteiger partial charge in [-0.15, -0.1) is 0 Å². The first-order valence-electron chi connectivity index (χ1n) is 5.60. The summed E-state index contributed by atoms with van der Waals surface area (Å²) in [4.78, 5) is 11.7. The van der Waals surface area contributed by atoms with Gasteiger partial charge in [0.2, 0.25) is 0 Å². The SMILES string of the molecule is COc1cccc(Cn2ccc(C)cc2=O)c1F. The third kappa shape index (κ3) is 2.42. The molecule has 0 saturated carbocycles. The van der Waals surface area contributed by atoms with Crippen molar-refractivity contribution in [3.05, 3.63) is 63.8 Å². The molecular weight excluding hydrogens is 233 g/mol. The first kappa shape index (κ1) is 12.4. The summed E-state index contributed by atoms with van der Waals surface area (Å²) in [5.74, 6) is -0.236. The van der Waals surface area contributed by atoms with E-state index < -0.39 is 5.82 Å². The number of ether oxygens (including phenoxy) is 1. The van der Waals surface area contributed by atoms with Gasteiger partial charge in [-0.3, -0.25) is 4.79 Å². The van der Waals surface area contributed by atoms with Crippen molar-refractivity contribution in [1.29, 1.82) is 0 Å². The third-order valence-electron chi connectivity index (χ3n) is 2.76. The summed E-state index contributed by atoms with van der Waals surface area (Å²) < 4.78 is 20.3. The maximum absolute atomic E-state index is 13.9. The minimum absolute atomic E-state index is 0.141. The Morgan fingerprint density at radius 3 is 2.78 bits per heavy atom. The van der Waals surface area contributed by atoms with Crippen molar-refractivity contribution in [3.8, 4) is 5.75 Å². The zero-order valence-electron chi connectivity index (χ0n) is 10.3. The minimum atomic E-state index is -0.424. The van der Waals surface area contributed by atoms with Gasteiger partial charge < -0.3 is 9.30 Å². The molecule has 3 nitrogen and oxygen atoms in total. The maximum atomic E-state index is 13.9. The number of methoxy groups -OCH3 is 1. The Labute approximate surface area is 104 Å². The van der Waals surface area contributed by atoms with Gasteiger partial charge in [0.25, 0.3) is 5.56 Å². The molecule has 0 N–H and O–H groups in total. The first-order chi connectivity index (χ1) is 8.61. The Kier molecular flexibility index (Phi) is 3.46. The van der Waals surface area contributed by atoms with Gasteiger partial charge in [0, 0.05) is 17.8 Å². The zero-order valence-corrected chi connectivity index (χ0v) is 10.3. The van der Waals surface area contributed by atoms with Crippen LogP contribution in [-0.4, -0.2) is 11.7 Å². The van der Waals surface area contributed by atoms with Crippen LogP contribution in [0.5, 0.6) is 5.75 Å². The molecule has 1 aromatic heterocycles. The van der Waals surface area contributed by atoms with Gasteiger partial charge in [-0.05, 0) is 24.6 Å². The summed E-state index contributed by atoms with van der Waals surface area (Å²) in [6, 6.07) is 8.24. The van der Waals surface area contributed by atoms with Crippen LogP contribution in [0.15, 0.2) is 41.3 Å². The number of hydrogen-bond donors (Lipinski definition) is 0. The van der Waals surface area contributed by atoms with E-state index in [0.29, 0.717) is 5.56 Å². The van der Waals surface area contributed by atoms with Gasteiger partial charge in [0.05, 0.1) is 13.7 Å². The lowest BCUT2D eigenvalue weighted by Gasteiger charge is -2.09. The van der Waals surface area contributed by atoms with Crippen LogP contribution in [0.1, 0.15) is 11.1 Å². The van der Waals surface area contributed by atoms with E-state index in [-0.39, 0.29) is 17.9 Å². The molecule has 2 aromatic rings. The highest BCUT2D eigenvalue weighted by atomic mass is 19.1. The van der Waals surface area contributed by atoms with E-state index >= 15 is 0 Å². The van der Waals surface area contributed by atoms with Crippen molar-refractivity contribution in [2.45, 2.75) is 13.5 Å². The van der Waals surface area contributed by atoms with E-state index in [1.54, 1.807) is 24.4 Å². The number of hydrogen-bond acceptors (Lipinski definition) is 2. The van der Waals surface area contributed by atoms with E-state index in [4.69, 9.17) is 4.74 Å². The van der Waals surface area contributed by atoms with E-state index in [2.05, 4.69) is 0 Å². The van der Waals surface area contributed by atoms with Crippen LogP contribution >= 0.6 is 0 Å². The van der Waals surface area contributed by atoms with Gasteiger partial charge >= 0.3 is 0 Å². The van der Waals surface area contributed by atoms with Crippen LogP contribution in [0.25, 0.3) is 0 Å². The molecule has 0 spiro atoms. The molecule has 0 fully saturated rings. The molecule has 0 aliphatic rings. The summed E-state index contributed by atoms with van der Waals surface area (Å²) >= 11 is 0. The molecule has 0 atom stereocenters. The second kappa shape index (κ2) is 5.04. The molecule has 0 aliphatic heterocycles. The zero-order chi connectivity index (χ0) is 13.1. The maximum Gasteiger partial charge on any atom is 0.251 e. The summed E-state index contributed by atoms with van der Waals surface area (Å²) in [5, 5.41) is 0. The molecule has 1 aromatic carbocycles. The summed E-state index contributed by atoms with van der Waals surface area (Å²) in [5.41, 5.74) is 1.18. The second-order valence-electron chi connectivity index (χ2n) is 4.10. The molecule has 0 radical (unpaired) electrons. The van der Waals surface area contributed by atoms with Crippen molar-refractivity contribution in [2.24, 2.45) is 0 Å². The summed E-state index contributed by atoms with van der Waals surface area (Å²) in [6.07, 6.45) is 1.66. The lowest BCUT2D eigenvalue weighted by molar-refractivity contribution is 0.383. The van der Waals surface area contributed by atoms with Gasteiger partial charge in [0.15, 0.2) is 11.6 Å². The van der Waals surface area contributed by atoms with E-state index in [9.17, 15) is 9.18 Å². The van der Waals surface area contributed by atoms with E-state index in [0.717, 1.165) is 5.56 Å². The molecule has 18 heavy (non-hydrogen) atoms. The number of nitrogens with zero attached hydrogens (tertiary/aromatic N) is 1. The van der Waals surface area contributed by atoms with Gasteiger partial charge in [-0.25, -0.2) is 4.39 Å². The van der Waals surface area contributed by atoms with Gasteiger partial charge in [0.1, 0.15) is 0 Å². The Balaban J connectivity index is 2.37. The normalized spacial score (nSPS) is 10.4. The average molecular weight is 247 g/mol. The topological polar surface area (TPSA) is 31.2 Å². The van der Waals surface area contributed by atoms with Crippen molar-refractivity contribution >= 4 is 0 Å². The lowest BCUT2D eigenvalue weighted by Crippen LogP contribution is -2.19. The molecule has 0 amide bonds. The van der Waals surface area contributed by atoms with Crippen LogP contribution in [-0.2, 0) is 6.54 Å². The Morgan fingerprint density at radius 2 is 2.11 bits per heavy atom. The molecule has 0 unspecified atom stereocenters.